The Morgan fingerprint density at radius 3 is 2.10 bits per heavy atom. The van der Waals surface area contributed by atoms with Crippen LogP contribution in [-0.2, 0) is 23.9 Å². The van der Waals surface area contributed by atoms with Crippen LogP contribution in [0.25, 0.3) is 11.4 Å². The Hall–Kier alpha value is -5.91. The van der Waals surface area contributed by atoms with Crippen LogP contribution < -0.4 is 10.1 Å². The van der Waals surface area contributed by atoms with Gasteiger partial charge in [0, 0.05) is 7.05 Å². The molecule has 3 aromatic carbocycles. The van der Waals surface area contributed by atoms with E-state index >= 15 is 0 Å². The molecule has 3 heterocycles. The van der Waals surface area contributed by atoms with Gasteiger partial charge in [-0.1, -0.05) is 101 Å². The van der Waals surface area contributed by atoms with Gasteiger partial charge in [0.25, 0.3) is 5.95 Å². The van der Waals surface area contributed by atoms with Crippen LogP contribution in [0.1, 0.15) is 53.8 Å². The summed E-state index contributed by atoms with van der Waals surface area (Å²) in [5, 5.41) is 35.5. The van der Waals surface area contributed by atoms with Crippen molar-refractivity contribution >= 4 is 11.9 Å². The van der Waals surface area contributed by atoms with Gasteiger partial charge in [-0.3, -0.25) is 4.79 Å². The lowest BCUT2D eigenvalue weighted by Gasteiger charge is -2.34. The van der Waals surface area contributed by atoms with E-state index in [1.807, 2.05) is 80.7 Å². The topological polar surface area (TPSA) is 146 Å². The van der Waals surface area contributed by atoms with Gasteiger partial charge in [-0.2, -0.15) is 0 Å². The Bertz CT molecular complexity index is 1930. The van der Waals surface area contributed by atoms with Gasteiger partial charge in [-0.05, 0) is 66.6 Å². The van der Waals surface area contributed by atoms with Gasteiger partial charge < -0.3 is 15.2 Å². The largest absolute Gasteiger partial charge is 0.489 e. The summed E-state index contributed by atoms with van der Waals surface area (Å²) in [7, 11) is 1.83. The summed E-state index contributed by atoms with van der Waals surface area (Å²) < 4.78 is 7.92. The molecule has 1 aliphatic rings. The maximum Gasteiger partial charge on any atom is 0.306 e. The summed E-state index contributed by atoms with van der Waals surface area (Å²) >= 11 is 0. The fourth-order valence-electron chi connectivity index (χ4n) is 6.71. The van der Waals surface area contributed by atoms with Crippen LogP contribution in [0.2, 0.25) is 0 Å². The number of anilines is 1. The minimum absolute atomic E-state index is 0.150. The number of tetrazole rings is 1. The normalized spacial score (nSPS) is 16.3. The Kier molecular flexibility index (Phi) is 8.84. The van der Waals surface area contributed by atoms with E-state index in [1.165, 1.54) is 0 Å². The second-order valence-corrected chi connectivity index (χ2v) is 12.3. The van der Waals surface area contributed by atoms with E-state index in [0.29, 0.717) is 48.2 Å². The lowest BCUT2D eigenvalue weighted by molar-refractivity contribution is -0.143. The van der Waals surface area contributed by atoms with Crippen molar-refractivity contribution in [1.29, 1.82) is 0 Å². The number of benzene rings is 3. The van der Waals surface area contributed by atoms with E-state index in [-0.39, 0.29) is 12.0 Å². The third-order valence-corrected chi connectivity index (χ3v) is 9.19. The Morgan fingerprint density at radius 2 is 1.51 bits per heavy atom. The van der Waals surface area contributed by atoms with Gasteiger partial charge in [-0.15, -0.1) is 15.0 Å². The highest BCUT2D eigenvalue weighted by atomic mass is 16.5. The van der Waals surface area contributed by atoms with Gasteiger partial charge in [0.1, 0.15) is 11.4 Å². The van der Waals surface area contributed by atoms with Crippen molar-refractivity contribution in [2.75, 3.05) is 5.32 Å². The predicted octanol–water partition coefficient (Wildman–Crippen LogP) is 5.65. The van der Waals surface area contributed by atoms with Gasteiger partial charge >= 0.3 is 5.97 Å². The number of nitrogens with one attached hydrogen (secondary N) is 1. The summed E-state index contributed by atoms with van der Waals surface area (Å²) in [5.41, 5.74) is 4.85. The van der Waals surface area contributed by atoms with Gasteiger partial charge in [0.05, 0.1) is 35.6 Å². The molecule has 0 bridgehead atoms. The minimum Gasteiger partial charge on any atom is -0.489 e. The number of carboxylic acid groups (broad SMARTS) is 1. The molecular formula is C37H37N9O3. The molecule has 0 aliphatic heterocycles. The molecule has 49 heavy (non-hydrogen) atoms. The van der Waals surface area contributed by atoms with Crippen molar-refractivity contribution in [1.82, 2.24) is 40.2 Å². The lowest BCUT2D eigenvalue weighted by atomic mass is 9.77. The summed E-state index contributed by atoms with van der Waals surface area (Å²) in [6.07, 6.45) is 2.69. The molecule has 1 saturated carbocycles. The van der Waals surface area contributed by atoms with Gasteiger partial charge in [0.15, 0.2) is 5.54 Å². The van der Waals surface area contributed by atoms with Crippen LogP contribution in [0.3, 0.4) is 0 Å². The smallest absolute Gasteiger partial charge is 0.306 e. The van der Waals surface area contributed by atoms with E-state index in [9.17, 15) is 9.90 Å². The number of carboxylic acids is 1. The maximum absolute atomic E-state index is 11.5. The SMILES string of the molecule is Cc1nc(-c2nnn(C)c2CNc2nnn(C(c3ccccc3)(c3ccccc3)c3ccccc3)n2)ccc1O[C@H]1CCC[C@H](C(=O)O)C1. The first-order valence-electron chi connectivity index (χ1n) is 16.4. The molecule has 1 fully saturated rings. The number of aryl methyl sites for hydroxylation is 2. The highest BCUT2D eigenvalue weighted by molar-refractivity contribution is 5.70. The van der Waals surface area contributed by atoms with Crippen LogP contribution in [0.5, 0.6) is 5.75 Å². The third-order valence-electron chi connectivity index (χ3n) is 9.19. The second-order valence-electron chi connectivity index (χ2n) is 12.3. The third kappa shape index (κ3) is 6.24. The van der Waals surface area contributed by atoms with E-state index in [1.54, 1.807) is 9.48 Å². The van der Waals surface area contributed by atoms with E-state index < -0.39 is 11.5 Å². The van der Waals surface area contributed by atoms with E-state index in [2.05, 4.69) is 62.3 Å². The van der Waals surface area contributed by atoms with Crippen molar-refractivity contribution in [3.8, 4) is 17.1 Å². The van der Waals surface area contributed by atoms with Crippen molar-refractivity contribution < 1.29 is 14.6 Å². The average Bonchev–Trinajstić information content (AvgIpc) is 3.76. The number of aromatic nitrogens is 8. The zero-order chi connectivity index (χ0) is 33.8. The highest BCUT2D eigenvalue weighted by Gasteiger charge is 2.41. The molecular weight excluding hydrogens is 618 g/mol. The quantitative estimate of drug-likeness (QED) is 0.168. The fourth-order valence-corrected chi connectivity index (χ4v) is 6.71. The first-order valence-corrected chi connectivity index (χ1v) is 16.4. The number of hydrogen-bond donors (Lipinski definition) is 2. The maximum atomic E-state index is 11.5. The number of pyridine rings is 1. The fraction of sp³-hybridized carbons (Fsp3) is 0.270. The molecule has 7 rings (SSSR count). The standard InChI is InChI=1S/C37H37N9O3/c1-25-33(49-30-20-12-13-26(23-30)35(47)48)22-21-31(39-25)34-32(45(2)43-40-34)24-38-36-41-44-46(42-36)37(27-14-6-3-7-15-27,28-16-8-4-9-17-28)29-18-10-5-11-19-29/h3-11,14-19,21-22,26,30H,12-13,20,23-24H2,1-2H3,(H,38,42)(H,47,48)/t26-,30-/m0/s1. The van der Waals surface area contributed by atoms with Crippen LogP contribution in [0.4, 0.5) is 5.95 Å². The monoisotopic (exact) mass is 655 g/mol. The molecule has 3 aromatic heterocycles. The molecule has 0 amide bonds. The summed E-state index contributed by atoms with van der Waals surface area (Å²) in [4.78, 5) is 18.0. The van der Waals surface area contributed by atoms with Crippen molar-refractivity contribution in [2.45, 2.75) is 50.8 Å². The molecule has 0 spiro atoms. The molecule has 0 radical (unpaired) electrons. The summed E-state index contributed by atoms with van der Waals surface area (Å²) in [6, 6.07) is 34.3. The van der Waals surface area contributed by atoms with Crippen LogP contribution in [-0.4, -0.2) is 57.4 Å². The molecule has 6 aromatic rings. The number of carbonyl (C=O) groups is 1. The molecule has 12 heteroatoms. The van der Waals surface area contributed by atoms with E-state index in [0.717, 1.165) is 35.2 Å². The molecule has 2 N–H and O–H groups in total. The molecule has 0 saturated heterocycles. The van der Waals surface area contributed by atoms with Crippen molar-refractivity contribution in [3.05, 3.63) is 131 Å². The summed E-state index contributed by atoms with van der Waals surface area (Å²) in [5.74, 6) is -0.145. The van der Waals surface area contributed by atoms with Gasteiger partial charge in [0.2, 0.25) is 0 Å². The minimum atomic E-state index is -0.882. The second kappa shape index (κ2) is 13.7. The number of hydrogen-bond acceptors (Lipinski definition) is 9. The predicted molar refractivity (Wildman–Crippen MR) is 183 cm³/mol. The van der Waals surface area contributed by atoms with Crippen LogP contribution in [0.15, 0.2) is 103 Å². The van der Waals surface area contributed by atoms with Crippen molar-refractivity contribution in [2.24, 2.45) is 13.0 Å². The lowest BCUT2D eigenvalue weighted by Crippen LogP contribution is -2.39. The number of ether oxygens (including phenoxy) is 1. The Morgan fingerprint density at radius 1 is 0.878 bits per heavy atom. The zero-order valence-corrected chi connectivity index (χ0v) is 27.3. The summed E-state index contributed by atoms with van der Waals surface area (Å²) in [6.45, 7) is 2.20. The van der Waals surface area contributed by atoms with Crippen LogP contribution >= 0.6 is 0 Å². The van der Waals surface area contributed by atoms with E-state index in [4.69, 9.17) is 14.8 Å². The Balaban J connectivity index is 1.15. The Labute approximate surface area is 283 Å². The van der Waals surface area contributed by atoms with Crippen molar-refractivity contribution in [3.63, 3.8) is 0 Å². The van der Waals surface area contributed by atoms with Crippen LogP contribution in [0, 0.1) is 12.8 Å². The average molecular weight is 656 g/mol. The molecule has 0 unspecified atom stereocenters. The number of rotatable bonds is 11. The van der Waals surface area contributed by atoms with Gasteiger partial charge in [-0.25, -0.2) is 9.67 Å². The highest BCUT2D eigenvalue weighted by Crippen LogP contribution is 2.40. The zero-order valence-electron chi connectivity index (χ0n) is 27.3. The molecule has 1 aliphatic carbocycles. The molecule has 2 atom stereocenters. The molecule has 12 nitrogen and oxygen atoms in total. The number of nitrogens with zero attached hydrogens (tertiary/aromatic N) is 8. The first kappa shape index (κ1) is 31.7. The first-order chi connectivity index (χ1) is 23.9. The molecule has 248 valence electrons. The number of aliphatic carboxylic acids is 1.